The molecular weight excluding hydrogens is 391 g/mol. The number of halogens is 1. The second kappa shape index (κ2) is 7.69. The Labute approximate surface area is 162 Å². The van der Waals surface area contributed by atoms with E-state index in [2.05, 4.69) is 10.1 Å². The molecule has 0 spiro atoms. The topological polar surface area (TPSA) is 98.1 Å². The first-order chi connectivity index (χ1) is 13.3. The van der Waals surface area contributed by atoms with Gasteiger partial charge in [0.15, 0.2) is 5.58 Å². The minimum absolute atomic E-state index is 0.197. The zero-order valence-electron chi connectivity index (χ0n) is 15.1. The van der Waals surface area contributed by atoms with Gasteiger partial charge in [-0.3, -0.25) is 10.2 Å². The van der Waals surface area contributed by atoms with Gasteiger partial charge in [-0.15, -0.1) is 11.3 Å². The van der Waals surface area contributed by atoms with Gasteiger partial charge in [0, 0.05) is 19.2 Å². The molecule has 0 aliphatic heterocycles. The fraction of sp³-hybridized carbons (Fsp3) is 0.167. The quantitative estimate of drug-likeness (QED) is 0.667. The van der Waals surface area contributed by atoms with Crippen molar-refractivity contribution in [2.75, 3.05) is 31.5 Å². The molecule has 0 fully saturated rings. The average Bonchev–Trinajstić information content (AvgIpc) is 3.06. The number of nitrogens with zero attached hydrogens (tertiary/aromatic N) is 1. The molecule has 0 radical (unpaired) electrons. The van der Waals surface area contributed by atoms with E-state index in [1.54, 1.807) is 0 Å². The summed E-state index contributed by atoms with van der Waals surface area (Å²) in [4.78, 5) is 37.2. The zero-order chi connectivity index (χ0) is 20.4. The number of ether oxygens (including phenoxy) is 2. The predicted molar refractivity (Wildman–Crippen MR) is 102 cm³/mol. The number of benzene rings is 1. The third kappa shape index (κ3) is 3.67. The molecule has 146 valence electrons. The SMILES string of the molecule is COC(=O)c1cc2sc(NC(=O)N(C)c3ccc(F)cc3OC)cc2oc1=O. The van der Waals surface area contributed by atoms with E-state index in [1.165, 1.54) is 49.4 Å². The monoisotopic (exact) mass is 406 g/mol. The van der Waals surface area contributed by atoms with Crippen LogP contribution in [-0.2, 0) is 4.74 Å². The van der Waals surface area contributed by atoms with Crippen LogP contribution in [0.5, 0.6) is 5.75 Å². The molecular formula is C18H15FN2O6S. The first kappa shape index (κ1) is 19.4. The number of methoxy groups -OCH3 is 2. The van der Waals surface area contributed by atoms with Gasteiger partial charge in [-0.2, -0.15) is 0 Å². The van der Waals surface area contributed by atoms with Gasteiger partial charge >= 0.3 is 17.6 Å². The molecule has 8 nitrogen and oxygen atoms in total. The van der Waals surface area contributed by atoms with Crippen molar-refractivity contribution in [3.05, 3.63) is 52.1 Å². The van der Waals surface area contributed by atoms with Gasteiger partial charge in [-0.05, 0) is 18.2 Å². The zero-order valence-corrected chi connectivity index (χ0v) is 15.9. The summed E-state index contributed by atoms with van der Waals surface area (Å²) in [7, 11) is 4.02. The molecule has 10 heteroatoms. The maximum atomic E-state index is 13.3. The standard InChI is InChI=1S/C18H15FN2O6S/c1-21(11-5-4-9(19)6-12(11)25-2)18(24)20-15-8-13-14(28-15)7-10(16(22)26-3)17(23)27-13/h4-8H,1-3H3,(H,20,24). The van der Waals surface area contributed by atoms with Crippen LogP contribution in [0.15, 0.2) is 39.5 Å². The summed E-state index contributed by atoms with van der Waals surface area (Å²) in [5, 5.41) is 3.04. The number of hydrogen-bond acceptors (Lipinski definition) is 7. The van der Waals surface area contributed by atoms with E-state index in [9.17, 15) is 18.8 Å². The summed E-state index contributed by atoms with van der Waals surface area (Å²) < 4.78 is 28.6. The molecule has 28 heavy (non-hydrogen) atoms. The van der Waals surface area contributed by atoms with Crippen LogP contribution >= 0.6 is 11.3 Å². The van der Waals surface area contributed by atoms with E-state index in [4.69, 9.17) is 9.15 Å². The highest BCUT2D eigenvalue weighted by Crippen LogP contribution is 2.32. The predicted octanol–water partition coefficient (Wildman–Crippen LogP) is 3.46. The normalized spacial score (nSPS) is 10.6. The lowest BCUT2D eigenvalue weighted by molar-refractivity contribution is 0.0596. The Balaban J connectivity index is 1.87. The molecule has 0 bridgehead atoms. The number of amides is 2. The summed E-state index contributed by atoms with van der Waals surface area (Å²) in [6.45, 7) is 0. The molecule has 0 saturated heterocycles. The Morgan fingerprint density at radius 1 is 1.21 bits per heavy atom. The van der Waals surface area contributed by atoms with Crippen molar-refractivity contribution in [1.29, 1.82) is 0 Å². The van der Waals surface area contributed by atoms with Gasteiger partial charge in [0.1, 0.15) is 22.1 Å². The largest absolute Gasteiger partial charge is 0.494 e. The lowest BCUT2D eigenvalue weighted by atomic mass is 10.2. The minimum atomic E-state index is -0.830. The molecule has 0 atom stereocenters. The van der Waals surface area contributed by atoms with Crippen molar-refractivity contribution < 1.29 is 27.9 Å². The van der Waals surface area contributed by atoms with Crippen molar-refractivity contribution in [3.63, 3.8) is 0 Å². The lowest BCUT2D eigenvalue weighted by Gasteiger charge is -2.20. The third-order valence-electron chi connectivity index (χ3n) is 3.87. The van der Waals surface area contributed by atoms with Crippen LogP contribution in [0.4, 0.5) is 19.9 Å². The van der Waals surface area contributed by atoms with Crippen molar-refractivity contribution in [2.24, 2.45) is 0 Å². The van der Waals surface area contributed by atoms with E-state index in [0.29, 0.717) is 15.4 Å². The highest BCUT2D eigenvalue weighted by Gasteiger charge is 2.19. The number of urea groups is 1. The van der Waals surface area contributed by atoms with Gasteiger partial charge in [-0.1, -0.05) is 0 Å². The molecule has 2 aromatic heterocycles. The number of anilines is 2. The first-order valence-corrected chi connectivity index (χ1v) is 8.70. The Morgan fingerprint density at radius 2 is 1.96 bits per heavy atom. The van der Waals surface area contributed by atoms with Crippen LogP contribution in [0.1, 0.15) is 10.4 Å². The number of carbonyl (C=O) groups excluding carboxylic acids is 2. The Bertz CT molecular complexity index is 1120. The van der Waals surface area contributed by atoms with Crippen molar-refractivity contribution in [2.45, 2.75) is 0 Å². The van der Waals surface area contributed by atoms with Crippen LogP contribution in [0.25, 0.3) is 10.3 Å². The number of esters is 1. The molecule has 3 rings (SSSR count). The summed E-state index contributed by atoms with van der Waals surface area (Å²) in [6, 6.07) is 6.09. The van der Waals surface area contributed by atoms with Gasteiger partial charge in [0.25, 0.3) is 0 Å². The summed E-state index contributed by atoms with van der Waals surface area (Å²) in [5.41, 5.74) is -0.479. The second-order valence-corrected chi connectivity index (χ2v) is 6.67. The van der Waals surface area contributed by atoms with Gasteiger partial charge in [0.05, 0.1) is 24.6 Å². The summed E-state index contributed by atoms with van der Waals surface area (Å²) in [5.74, 6) is -1.10. The van der Waals surface area contributed by atoms with Gasteiger partial charge in [0.2, 0.25) is 0 Å². The van der Waals surface area contributed by atoms with Crippen LogP contribution in [-0.4, -0.2) is 33.3 Å². The molecule has 2 heterocycles. The Morgan fingerprint density at radius 3 is 2.64 bits per heavy atom. The van der Waals surface area contributed by atoms with E-state index in [0.717, 1.165) is 18.4 Å². The fourth-order valence-corrected chi connectivity index (χ4v) is 3.37. The first-order valence-electron chi connectivity index (χ1n) is 7.88. The number of rotatable bonds is 4. The molecule has 1 N–H and O–H groups in total. The molecule has 0 aliphatic carbocycles. The van der Waals surface area contributed by atoms with Crippen molar-refractivity contribution in [3.8, 4) is 5.75 Å². The minimum Gasteiger partial charge on any atom is -0.494 e. The van der Waals surface area contributed by atoms with Crippen LogP contribution in [0, 0.1) is 5.82 Å². The fourth-order valence-electron chi connectivity index (χ4n) is 2.45. The van der Waals surface area contributed by atoms with Crippen LogP contribution in [0.3, 0.4) is 0 Å². The molecule has 0 saturated carbocycles. The van der Waals surface area contributed by atoms with Crippen molar-refractivity contribution in [1.82, 2.24) is 0 Å². The summed E-state index contributed by atoms with van der Waals surface area (Å²) >= 11 is 1.11. The molecule has 0 unspecified atom stereocenters. The van der Waals surface area contributed by atoms with Gasteiger partial charge in [-0.25, -0.2) is 18.8 Å². The summed E-state index contributed by atoms with van der Waals surface area (Å²) in [6.07, 6.45) is 0. The average molecular weight is 406 g/mol. The van der Waals surface area contributed by atoms with E-state index in [-0.39, 0.29) is 16.9 Å². The maximum Gasteiger partial charge on any atom is 0.351 e. The molecule has 3 aromatic rings. The Hall–Kier alpha value is -3.40. The molecule has 0 aliphatic rings. The number of fused-ring (bicyclic) bond motifs is 1. The highest BCUT2D eigenvalue weighted by molar-refractivity contribution is 7.22. The lowest BCUT2D eigenvalue weighted by Crippen LogP contribution is -2.31. The van der Waals surface area contributed by atoms with E-state index >= 15 is 0 Å². The third-order valence-corrected chi connectivity index (χ3v) is 4.84. The Kier molecular flexibility index (Phi) is 5.32. The molecule has 2 amide bonds. The second-order valence-electron chi connectivity index (χ2n) is 5.58. The molecule has 1 aromatic carbocycles. The number of thiophene rings is 1. The number of nitrogens with one attached hydrogen (secondary N) is 1. The highest BCUT2D eigenvalue weighted by atomic mass is 32.1. The number of carbonyl (C=O) groups is 2. The van der Waals surface area contributed by atoms with E-state index < -0.39 is 23.4 Å². The van der Waals surface area contributed by atoms with Crippen LogP contribution in [0.2, 0.25) is 0 Å². The maximum absolute atomic E-state index is 13.3. The van der Waals surface area contributed by atoms with E-state index in [1.807, 2.05) is 0 Å². The van der Waals surface area contributed by atoms with Gasteiger partial charge < -0.3 is 13.9 Å². The smallest absolute Gasteiger partial charge is 0.351 e. The van der Waals surface area contributed by atoms with Crippen molar-refractivity contribution >= 4 is 44.3 Å². The number of hydrogen-bond donors (Lipinski definition) is 1. The van der Waals surface area contributed by atoms with Crippen LogP contribution < -0.4 is 20.6 Å².